The van der Waals surface area contributed by atoms with Crippen molar-refractivity contribution in [3.63, 3.8) is 0 Å². The largest absolute Gasteiger partial charge is 0.207 e. The van der Waals surface area contributed by atoms with Crippen molar-refractivity contribution in [3.05, 3.63) is 295 Å². The van der Waals surface area contributed by atoms with Crippen molar-refractivity contribution in [3.8, 4) is 11.6 Å². The van der Waals surface area contributed by atoms with Crippen molar-refractivity contribution in [1.82, 2.24) is 0 Å². The van der Waals surface area contributed by atoms with Gasteiger partial charge < -0.3 is 0 Å². The average molecular weight is 923 g/mol. The molecule has 9 aromatic rings. The third-order valence-electron chi connectivity index (χ3n) is 10.0. The van der Waals surface area contributed by atoms with E-state index in [2.05, 4.69) is 17.7 Å². The first-order valence-corrected chi connectivity index (χ1v) is 24.9. The highest BCUT2D eigenvalue weighted by atomic mass is 31.1. The Morgan fingerprint density at radius 2 is 0.879 bits per heavy atom. The summed E-state index contributed by atoms with van der Waals surface area (Å²) in [6.07, 6.45) is 2.50. The molecule has 0 saturated carbocycles. The zero-order valence-electron chi connectivity index (χ0n) is 35.9. The maximum atomic E-state index is 15.0. The summed E-state index contributed by atoms with van der Waals surface area (Å²) in [7, 11) is -1.78. The lowest BCUT2D eigenvalue weighted by molar-refractivity contribution is 0.615. The summed E-state index contributed by atoms with van der Waals surface area (Å²) in [5.41, 5.74) is 5.88. The summed E-state index contributed by atoms with van der Waals surface area (Å²) in [6.45, 7) is 0. The molecule has 0 aliphatic rings. The van der Waals surface area contributed by atoms with Crippen LogP contribution in [-0.4, -0.2) is 0 Å². The lowest BCUT2D eigenvalue weighted by atomic mass is 10.1. The highest BCUT2D eigenvalue weighted by Gasteiger charge is 2.23. The van der Waals surface area contributed by atoms with Crippen LogP contribution < -0.4 is 31.8 Å². The Morgan fingerprint density at radius 1 is 0.424 bits per heavy atom. The quantitative estimate of drug-likeness (QED) is 0.0728. The van der Waals surface area contributed by atoms with Crippen LogP contribution in [0.4, 0.5) is 17.6 Å². The van der Waals surface area contributed by atoms with Crippen LogP contribution in [0.2, 0.25) is 0 Å². The monoisotopic (exact) mass is 922 g/mol. The second-order valence-electron chi connectivity index (χ2n) is 14.6. The Morgan fingerprint density at radius 3 is 1.45 bits per heavy atom. The predicted octanol–water partition coefficient (Wildman–Crippen LogP) is 13.4. The number of benzene rings is 9. The van der Waals surface area contributed by atoms with Crippen molar-refractivity contribution >= 4 is 61.6 Å². The summed E-state index contributed by atoms with van der Waals surface area (Å²) in [5, 5.41) is 6.42. The first-order chi connectivity index (χ1) is 32.4. The van der Waals surface area contributed by atoms with Crippen LogP contribution in [0.25, 0.3) is 5.31 Å². The maximum Gasteiger partial charge on any atom is 0.132 e. The molecule has 0 amide bonds. The molecule has 0 aliphatic carbocycles. The van der Waals surface area contributed by atoms with Gasteiger partial charge in [0.1, 0.15) is 23.3 Å². The first-order valence-electron chi connectivity index (χ1n) is 21.3. The molecule has 0 heterocycles. The molecule has 0 nitrogen and oxygen atoms in total. The number of hydrogen-bond acceptors (Lipinski definition) is 0. The number of hydrogen-bond donors (Lipinski definition) is 0. The van der Waals surface area contributed by atoms with E-state index in [0.717, 1.165) is 37.7 Å². The van der Waals surface area contributed by atoms with E-state index >= 15 is 0 Å². The first kappa shape index (κ1) is 47.3. The predicted molar refractivity (Wildman–Crippen MR) is 276 cm³/mol. The molecule has 7 heteroatoms. The van der Waals surface area contributed by atoms with Gasteiger partial charge in [-0.2, -0.15) is 0 Å². The zero-order valence-corrected chi connectivity index (χ0v) is 38.7. The number of allylic oxidation sites excluding steroid dienone is 1. The van der Waals surface area contributed by atoms with E-state index in [1.165, 1.54) is 24.3 Å². The van der Waals surface area contributed by atoms with E-state index in [-0.39, 0.29) is 23.3 Å². The van der Waals surface area contributed by atoms with Crippen LogP contribution in [0.5, 0.6) is 0 Å². The van der Waals surface area contributed by atoms with E-state index in [0.29, 0.717) is 31.2 Å². The van der Waals surface area contributed by atoms with Gasteiger partial charge in [-0.05, 0) is 83.1 Å². The molecule has 0 spiro atoms. The van der Waals surface area contributed by atoms with Crippen molar-refractivity contribution in [2.45, 2.75) is 6.42 Å². The van der Waals surface area contributed by atoms with Crippen molar-refractivity contribution in [1.29, 1.82) is 0 Å². The number of halogens is 4. The van der Waals surface area contributed by atoms with Crippen molar-refractivity contribution in [2.24, 2.45) is 0 Å². The summed E-state index contributed by atoms with van der Waals surface area (Å²) < 4.78 is 56.7. The van der Waals surface area contributed by atoms with E-state index in [9.17, 15) is 17.6 Å². The molecule has 9 aromatic carbocycles. The Labute approximate surface area is 390 Å². The SMILES string of the molecule is Fc1ccccc1C/C=C(/c1ccccc1)P(c1ccccc1)c1ccccc1F.Fc1ccccc1P(C#Cc1ccccc1)c1ccccc1.Fc1ccccc1Pc1ccccc1. The summed E-state index contributed by atoms with van der Waals surface area (Å²) in [4.78, 5) is 0. The van der Waals surface area contributed by atoms with E-state index in [1.54, 1.807) is 30.3 Å². The Hall–Kier alpha value is -6.71. The van der Waals surface area contributed by atoms with Gasteiger partial charge >= 0.3 is 0 Å². The molecule has 0 N–H and O–H groups in total. The minimum Gasteiger partial charge on any atom is -0.207 e. The molecular formula is C59H45F4P3. The molecule has 0 bridgehead atoms. The Balaban J connectivity index is 0.000000158. The lowest BCUT2D eigenvalue weighted by Gasteiger charge is -2.23. The lowest BCUT2D eigenvalue weighted by Crippen LogP contribution is -2.16. The van der Waals surface area contributed by atoms with Crippen LogP contribution in [0.3, 0.4) is 0 Å². The van der Waals surface area contributed by atoms with Crippen LogP contribution in [0, 0.1) is 34.9 Å². The normalized spacial score (nSPS) is 11.8. The molecule has 0 fully saturated rings. The average Bonchev–Trinajstić information content (AvgIpc) is 3.37. The molecule has 0 aromatic heterocycles. The molecule has 0 radical (unpaired) electrons. The number of rotatable bonds is 10. The third-order valence-corrected chi connectivity index (χ3v) is 15.9. The fraction of sp³-hybridized carbons (Fsp3) is 0.0169. The molecule has 3 unspecified atom stereocenters. The second kappa shape index (κ2) is 25.1. The highest BCUT2D eigenvalue weighted by molar-refractivity contribution is 7.82. The fourth-order valence-corrected chi connectivity index (χ4v) is 12.1. The molecule has 0 saturated heterocycles. The van der Waals surface area contributed by atoms with Gasteiger partial charge in [-0.15, -0.1) is 0 Å². The van der Waals surface area contributed by atoms with Crippen LogP contribution in [-0.2, 0) is 6.42 Å². The summed E-state index contributed by atoms with van der Waals surface area (Å²) in [6, 6.07) is 77.2. The summed E-state index contributed by atoms with van der Waals surface area (Å²) in [5.74, 6) is 2.42. The standard InChI is InChI=1S/C27H21F2P.C20H14FP.C12H10FP/c28-24-16-8-7-11-21(24)19-20-26(22-12-3-1-4-13-22)30(23-14-5-2-6-15-23)27-18-10-9-17-25(27)29;21-19-13-7-8-14-20(19)22(18-11-5-2-6-12-18)16-15-17-9-3-1-4-10-17;13-11-8-4-5-9-12(11)14-10-6-2-1-3-7-10/h1-18,20H,19H2;1-14H;1-9,14H/b26-20-;;. The smallest absolute Gasteiger partial charge is 0.132 e. The topological polar surface area (TPSA) is 0 Å². The van der Waals surface area contributed by atoms with E-state index in [1.807, 2.05) is 194 Å². The van der Waals surface area contributed by atoms with Gasteiger partial charge in [-0.3, -0.25) is 0 Å². The maximum absolute atomic E-state index is 15.0. The highest BCUT2D eigenvalue weighted by Crippen LogP contribution is 2.49. The van der Waals surface area contributed by atoms with Crippen LogP contribution >= 0.6 is 24.4 Å². The molecular weight excluding hydrogens is 878 g/mol. The fourth-order valence-electron chi connectivity index (χ4n) is 6.79. The summed E-state index contributed by atoms with van der Waals surface area (Å²) >= 11 is 0. The van der Waals surface area contributed by atoms with Gasteiger partial charge in [0.2, 0.25) is 0 Å². The minimum atomic E-state index is -1.15. The molecule has 66 heavy (non-hydrogen) atoms. The third kappa shape index (κ3) is 13.7. The Bertz CT molecular complexity index is 2970. The van der Waals surface area contributed by atoms with Gasteiger partial charge in [-0.1, -0.05) is 239 Å². The van der Waals surface area contributed by atoms with Crippen LogP contribution in [0.1, 0.15) is 16.7 Å². The van der Waals surface area contributed by atoms with Crippen molar-refractivity contribution < 1.29 is 17.6 Å². The second-order valence-corrected chi connectivity index (χ2v) is 20.0. The Kier molecular flexibility index (Phi) is 18.0. The van der Waals surface area contributed by atoms with Gasteiger partial charge in [0.15, 0.2) is 0 Å². The van der Waals surface area contributed by atoms with Gasteiger partial charge in [-0.25, -0.2) is 17.6 Å². The van der Waals surface area contributed by atoms with Gasteiger partial charge in [0, 0.05) is 29.4 Å². The molecule has 0 aliphatic heterocycles. The molecule has 3 atom stereocenters. The van der Waals surface area contributed by atoms with E-state index < -0.39 is 15.8 Å². The van der Waals surface area contributed by atoms with Crippen molar-refractivity contribution in [2.75, 3.05) is 0 Å². The molecule has 324 valence electrons. The van der Waals surface area contributed by atoms with Crippen LogP contribution in [0.15, 0.2) is 255 Å². The van der Waals surface area contributed by atoms with Gasteiger partial charge in [0.05, 0.1) is 0 Å². The van der Waals surface area contributed by atoms with Gasteiger partial charge in [0.25, 0.3) is 0 Å². The molecule has 9 rings (SSSR count). The minimum absolute atomic E-state index is 0.116. The zero-order chi connectivity index (χ0) is 45.8. The van der Waals surface area contributed by atoms with E-state index in [4.69, 9.17) is 0 Å².